The van der Waals surface area contributed by atoms with Crippen LogP contribution in [0.25, 0.3) is 22.2 Å². The normalized spacial score (nSPS) is 25.8. The van der Waals surface area contributed by atoms with Gasteiger partial charge in [-0.25, -0.2) is 17.9 Å². The summed E-state index contributed by atoms with van der Waals surface area (Å²) >= 11 is 0. The van der Waals surface area contributed by atoms with E-state index < -0.39 is 26.9 Å². The van der Waals surface area contributed by atoms with Crippen LogP contribution in [-0.2, 0) is 26.1 Å². The van der Waals surface area contributed by atoms with Gasteiger partial charge >= 0.3 is 6.09 Å². The maximum atomic E-state index is 15.0. The first-order valence-corrected chi connectivity index (χ1v) is 19.7. The number of carbonyl (C=O) groups excluding carboxylic acids is 3. The summed E-state index contributed by atoms with van der Waals surface area (Å²) in [7, 11) is -2.10. The lowest BCUT2D eigenvalue weighted by molar-refractivity contribution is -0.140. The molecule has 2 bridgehead atoms. The van der Waals surface area contributed by atoms with Gasteiger partial charge in [0.15, 0.2) is 0 Å². The van der Waals surface area contributed by atoms with E-state index in [9.17, 15) is 22.8 Å². The van der Waals surface area contributed by atoms with Gasteiger partial charge in [0.2, 0.25) is 15.9 Å². The lowest BCUT2D eigenvalue weighted by atomic mass is 9.81. The molecule has 0 radical (unpaired) electrons. The van der Waals surface area contributed by atoms with E-state index in [1.165, 1.54) is 12.0 Å². The number of piperazine rings is 1. The van der Waals surface area contributed by atoms with Crippen LogP contribution in [0.3, 0.4) is 0 Å². The van der Waals surface area contributed by atoms with Gasteiger partial charge in [-0.15, -0.1) is 0 Å². The Morgan fingerprint density at radius 3 is 2.34 bits per heavy atom. The van der Waals surface area contributed by atoms with Gasteiger partial charge in [0.1, 0.15) is 11.4 Å². The maximum absolute atomic E-state index is 15.0. The third-order valence-electron chi connectivity index (χ3n) is 11.6. The molecule has 2 aliphatic carbocycles. The van der Waals surface area contributed by atoms with Crippen LogP contribution in [0.4, 0.5) is 4.79 Å². The average molecular weight is 703 g/mol. The van der Waals surface area contributed by atoms with E-state index >= 15 is 0 Å². The number of hydrogen-bond donors (Lipinski definition) is 1. The molecule has 4 heterocycles. The Kier molecular flexibility index (Phi) is 7.60. The minimum atomic E-state index is -3.76. The molecule has 2 saturated heterocycles. The standard InChI is InChI=1S/C38H46N4O7S/c1-37(2,3)49-36(45)41-20-24-16-25(41)19-40(24)35(44)38-18-30(38)29-17-26(48-4)12-14-27(29)33-32(22-9-7-6-8-10-22)28-13-11-23(15-31(28)42(33)21-38)34(43)39-50(5,46)47/h11-15,17,22,24-25,30H,6-10,16,18-21H2,1-5H3,(H,39,43)/t24-,25+,30?,38?/m1/s1. The van der Waals surface area contributed by atoms with Crippen molar-refractivity contribution in [2.24, 2.45) is 5.41 Å². The van der Waals surface area contributed by atoms with Crippen molar-refractivity contribution in [1.29, 1.82) is 0 Å². The predicted octanol–water partition coefficient (Wildman–Crippen LogP) is 5.76. The molecule has 5 aliphatic rings. The van der Waals surface area contributed by atoms with Crippen molar-refractivity contribution in [3.63, 3.8) is 0 Å². The summed E-state index contributed by atoms with van der Waals surface area (Å²) in [6, 6.07) is 11.5. The van der Waals surface area contributed by atoms with Crippen molar-refractivity contribution in [2.45, 2.75) is 102 Å². The zero-order valence-electron chi connectivity index (χ0n) is 29.5. The van der Waals surface area contributed by atoms with E-state index in [2.05, 4.69) is 21.4 Å². The molecule has 11 nitrogen and oxygen atoms in total. The number of hydrogen-bond acceptors (Lipinski definition) is 7. The molecule has 0 spiro atoms. The van der Waals surface area contributed by atoms with Crippen LogP contribution >= 0.6 is 0 Å². The molecule has 3 amide bonds. The zero-order valence-corrected chi connectivity index (χ0v) is 30.3. The van der Waals surface area contributed by atoms with E-state index in [0.717, 1.165) is 71.8 Å². The third kappa shape index (κ3) is 5.45. The highest BCUT2D eigenvalue weighted by molar-refractivity contribution is 7.89. The summed E-state index contributed by atoms with van der Waals surface area (Å²) in [5.74, 6) is 0.469. The summed E-state index contributed by atoms with van der Waals surface area (Å²) in [5.41, 5.74) is 4.30. The van der Waals surface area contributed by atoms with Crippen molar-refractivity contribution in [2.75, 3.05) is 26.5 Å². The lowest BCUT2D eigenvalue weighted by Gasteiger charge is -2.37. The summed E-state index contributed by atoms with van der Waals surface area (Å²) in [6.45, 7) is 6.96. The summed E-state index contributed by atoms with van der Waals surface area (Å²) in [5, 5.41) is 1.04. The number of benzene rings is 2. The number of nitrogens with zero attached hydrogens (tertiary/aromatic N) is 3. The van der Waals surface area contributed by atoms with Gasteiger partial charge in [-0.3, -0.25) is 9.59 Å². The van der Waals surface area contributed by atoms with Gasteiger partial charge in [0, 0.05) is 47.6 Å². The molecule has 2 saturated carbocycles. The maximum Gasteiger partial charge on any atom is 0.410 e. The quantitative estimate of drug-likeness (QED) is 0.358. The molecule has 3 aliphatic heterocycles. The lowest BCUT2D eigenvalue weighted by Crippen LogP contribution is -2.53. The van der Waals surface area contributed by atoms with Gasteiger partial charge in [-0.05, 0) is 93.8 Å². The van der Waals surface area contributed by atoms with E-state index in [1.54, 1.807) is 24.1 Å². The first-order chi connectivity index (χ1) is 23.7. The monoisotopic (exact) mass is 702 g/mol. The van der Waals surface area contributed by atoms with E-state index in [0.29, 0.717) is 32.0 Å². The Morgan fingerprint density at radius 1 is 0.960 bits per heavy atom. The van der Waals surface area contributed by atoms with Crippen LogP contribution in [0.5, 0.6) is 5.75 Å². The first-order valence-electron chi connectivity index (χ1n) is 17.8. The number of fused-ring (bicyclic) bond motifs is 9. The Labute approximate surface area is 293 Å². The van der Waals surface area contributed by atoms with E-state index in [-0.39, 0.29) is 35.6 Å². The van der Waals surface area contributed by atoms with Crippen LogP contribution in [0.2, 0.25) is 0 Å². The molecule has 1 aromatic heterocycles. The second-order valence-electron chi connectivity index (χ2n) is 16.1. The molecule has 266 valence electrons. The molecular weight excluding hydrogens is 657 g/mol. The first kappa shape index (κ1) is 33.1. The molecule has 2 aromatic carbocycles. The van der Waals surface area contributed by atoms with Crippen molar-refractivity contribution in [1.82, 2.24) is 19.1 Å². The number of ether oxygens (including phenoxy) is 2. The average Bonchev–Trinajstić information content (AvgIpc) is 3.30. The number of sulfonamides is 1. The number of methoxy groups -OCH3 is 1. The number of nitrogens with one attached hydrogen (secondary N) is 1. The van der Waals surface area contributed by atoms with Gasteiger partial charge in [-0.2, -0.15) is 0 Å². The molecule has 8 rings (SSSR count). The summed E-state index contributed by atoms with van der Waals surface area (Å²) in [4.78, 5) is 44.9. The largest absolute Gasteiger partial charge is 0.497 e. The van der Waals surface area contributed by atoms with E-state index in [4.69, 9.17) is 9.47 Å². The fourth-order valence-corrected chi connectivity index (χ4v) is 9.85. The topological polar surface area (TPSA) is 127 Å². The Balaban J connectivity index is 1.24. The Bertz CT molecular complexity index is 2040. The third-order valence-corrected chi connectivity index (χ3v) is 12.2. The fraction of sp³-hybridized carbons (Fsp3) is 0.553. The van der Waals surface area contributed by atoms with Gasteiger partial charge in [0.25, 0.3) is 5.91 Å². The smallest absolute Gasteiger partial charge is 0.410 e. The number of likely N-dealkylation sites (tertiary alicyclic amines) is 2. The number of rotatable bonds is 5. The SMILES string of the molecule is COc1ccc2c(c1)C1CC1(C(=O)N1C[C@@H]3C[C@@H]1CN3C(=O)OC(C)(C)C)Cn1c-2c(C2CCCCC2)c2ccc(C(=O)NS(C)(=O)=O)cc21. The summed E-state index contributed by atoms with van der Waals surface area (Å²) in [6.07, 6.45) is 7.67. The molecule has 1 N–H and O–H groups in total. The fourth-order valence-electron chi connectivity index (χ4n) is 9.40. The van der Waals surface area contributed by atoms with Crippen molar-refractivity contribution in [3.05, 3.63) is 53.1 Å². The Morgan fingerprint density at radius 2 is 1.68 bits per heavy atom. The second-order valence-corrected chi connectivity index (χ2v) is 17.9. The van der Waals surface area contributed by atoms with Crippen molar-refractivity contribution in [3.8, 4) is 17.0 Å². The highest BCUT2D eigenvalue weighted by Crippen LogP contribution is 2.66. The van der Waals surface area contributed by atoms with Crippen LogP contribution in [0, 0.1) is 5.41 Å². The zero-order chi connectivity index (χ0) is 35.3. The van der Waals surface area contributed by atoms with Crippen LogP contribution < -0.4 is 9.46 Å². The molecule has 4 atom stereocenters. The van der Waals surface area contributed by atoms with Crippen molar-refractivity contribution >= 4 is 38.8 Å². The summed E-state index contributed by atoms with van der Waals surface area (Å²) < 4.78 is 39.8. The number of carbonyl (C=O) groups is 3. The van der Waals surface area contributed by atoms with Crippen LogP contribution in [0.1, 0.15) is 99.0 Å². The molecule has 2 unspecified atom stereocenters. The van der Waals surface area contributed by atoms with Gasteiger partial charge < -0.3 is 23.8 Å². The minimum absolute atomic E-state index is 0.0212. The minimum Gasteiger partial charge on any atom is -0.497 e. The number of aromatic nitrogens is 1. The second kappa shape index (κ2) is 11.5. The van der Waals surface area contributed by atoms with Crippen molar-refractivity contribution < 1.29 is 32.3 Å². The molecule has 3 aromatic rings. The van der Waals surface area contributed by atoms with Crippen LogP contribution in [0.15, 0.2) is 36.4 Å². The Hall–Kier alpha value is -4.06. The molecule has 12 heteroatoms. The molecular formula is C38H46N4O7S. The van der Waals surface area contributed by atoms with Gasteiger partial charge in [-0.1, -0.05) is 25.3 Å². The number of amides is 3. The molecule has 50 heavy (non-hydrogen) atoms. The van der Waals surface area contributed by atoms with E-state index in [1.807, 2.05) is 37.8 Å². The molecule has 4 fully saturated rings. The predicted molar refractivity (Wildman–Crippen MR) is 189 cm³/mol. The van der Waals surface area contributed by atoms with Gasteiger partial charge in [0.05, 0.1) is 36.6 Å². The highest BCUT2D eigenvalue weighted by Gasteiger charge is 2.65. The highest BCUT2D eigenvalue weighted by atomic mass is 32.2. The van der Waals surface area contributed by atoms with Crippen LogP contribution in [-0.4, -0.2) is 84.8 Å².